The van der Waals surface area contributed by atoms with E-state index in [4.69, 9.17) is 14.7 Å². The van der Waals surface area contributed by atoms with E-state index in [1.165, 1.54) is 18.4 Å². The third-order valence-corrected chi connectivity index (χ3v) is 13.4. The lowest BCUT2D eigenvalue weighted by Crippen LogP contribution is -2.51. The minimum atomic E-state index is -0.715. The van der Waals surface area contributed by atoms with E-state index in [9.17, 15) is 4.79 Å². The van der Waals surface area contributed by atoms with Gasteiger partial charge in [0, 0.05) is 39.9 Å². The Labute approximate surface area is 319 Å². The zero-order valence-electron chi connectivity index (χ0n) is 32.2. The lowest BCUT2D eigenvalue weighted by Gasteiger charge is -2.49. The number of carbonyl (C=O) groups excluding carboxylic acids is 2. The summed E-state index contributed by atoms with van der Waals surface area (Å²) in [6, 6.07) is 23.5. The van der Waals surface area contributed by atoms with Crippen molar-refractivity contribution in [2.75, 3.05) is 0 Å². The molecule has 4 aromatic carbocycles. The van der Waals surface area contributed by atoms with Crippen LogP contribution in [0.25, 0.3) is 32.8 Å². The molecule has 0 saturated heterocycles. The molecule has 0 radical (unpaired) electrons. The molecule has 3 fully saturated rings. The molecule has 1 aliphatic heterocycles. The van der Waals surface area contributed by atoms with Crippen LogP contribution in [0.5, 0.6) is 5.75 Å². The average molecular weight is 723 g/mol. The van der Waals surface area contributed by atoms with Gasteiger partial charge in [0.05, 0.1) is 22.1 Å². The van der Waals surface area contributed by atoms with Crippen LogP contribution in [0.15, 0.2) is 72.8 Å². The summed E-state index contributed by atoms with van der Waals surface area (Å²) in [6.45, 7) is 6.89. The van der Waals surface area contributed by atoms with Gasteiger partial charge in [-0.15, -0.1) is 0 Å². The molecule has 3 saturated carbocycles. The van der Waals surface area contributed by atoms with Gasteiger partial charge in [-0.2, -0.15) is 0 Å². The predicted molar refractivity (Wildman–Crippen MR) is 216 cm³/mol. The van der Waals surface area contributed by atoms with E-state index in [0.29, 0.717) is 28.8 Å². The molecule has 5 aromatic rings. The zero-order chi connectivity index (χ0) is 37.0. The molecular formula is C47H54N4O3. The third kappa shape index (κ3) is 6.31. The lowest BCUT2D eigenvalue weighted by atomic mass is 9.64. The largest absolute Gasteiger partial charge is 0.487 e. The Kier molecular flexibility index (Phi) is 9.31. The van der Waals surface area contributed by atoms with Crippen molar-refractivity contribution >= 4 is 44.7 Å². The fourth-order valence-corrected chi connectivity index (χ4v) is 10.6. The van der Waals surface area contributed by atoms with Crippen LogP contribution in [-0.2, 0) is 4.79 Å². The quantitative estimate of drug-likeness (QED) is 0.139. The maximum absolute atomic E-state index is 15.1. The number of hydrogen-bond acceptors (Lipinski definition) is 5. The van der Waals surface area contributed by atoms with Gasteiger partial charge in [-0.3, -0.25) is 9.59 Å². The Hall–Kier alpha value is -4.52. The van der Waals surface area contributed by atoms with Gasteiger partial charge in [-0.1, -0.05) is 106 Å². The smallest absolute Gasteiger partial charge is 0.255 e. The fourth-order valence-electron chi connectivity index (χ4n) is 10.6. The van der Waals surface area contributed by atoms with Crippen molar-refractivity contribution in [1.82, 2.24) is 20.2 Å². The average Bonchev–Trinajstić information content (AvgIpc) is 3.19. The molecule has 2 heterocycles. The molecular weight excluding hydrogens is 669 g/mol. The van der Waals surface area contributed by atoms with Crippen molar-refractivity contribution in [2.45, 2.75) is 134 Å². The van der Waals surface area contributed by atoms with Crippen LogP contribution >= 0.6 is 0 Å². The monoisotopic (exact) mass is 722 g/mol. The molecule has 4 atom stereocenters. The second-order valence-corrected chi connectivity index (χ2v) is 17.4. The Morgan fingerprint density at radius 1 is 0.778 bits per heavy atom. The molecule has 7 nitrogen and oxygen atoms in total. The summed E-state index contributed by atoms with van der Waals surface area (Å²) in [5, 5.41) is 5.49. The van der Waals surface area contributed by atoms with Gasteiger partial charge in [-0.05, 0) is 88.0 Å². The van der Waals surface area contributed by atoms with Gasteiger partial charge in [0.1, 0.15) is 17.4 Å². The number of nitrogens with one attached hydrogen (secondary N) is 1. The Morgan fingerprint density at radius 2 is 1.46 bits per heavy atom. The minimum Gasteiger partial charge on any atom is -0.487 e. The van der Waals surface area contributed by atoms with Gasteiger partial charge in [-0.25, -0.2) is 9.97 Å². The Balaban J connectivity index is 1.16. The van der Waals surface area contributed by atoms with E-state index in [0.717, 1.165) is 109 Å². The van der Waals surface area contributed by atoms with Crippen molar-refractivity contribution in [3.8, 4) is 5.75 Å². The molecule has 1 aromatic heterocycles. The molecule has 280 valence electrons. The van der Waals surface area contributed by atoms with Crippen LogP contribution in [-0.4, -0.2) is 44.4 Å². The first kappa shape index (κ1) is 35.2. The summed E-state index contributed by atoms with van der Waals surface area (Å²) >= 11 is 0. The van der Waals surface area contributed by atoms with Crippen LogP contribution in [0.1, 0.15) is 138 Å². The van der Waals surface area contributed by atoms with Gasteiger partial charge < -0.3 is 15.0 Å². The van der Waals surface area contributed by atoms with Gasteiger partial charge in [0.2, 0.25) is 5.91 Å². The highest BCUT2D eigenvalue weighted by Gasteiger charge is 2.48. The van der Waals surface area contributed by atoms with Crippen molar-refractivity contribution in [3.05, 3.63) is 89.5 Å². The summed E-state index contributed by atoms with van der Waals surface area (Å²) in [5.74, 6) is 2.14. The normalized spacial score (nSPS) is 23.6. The van der Waals surface area contributed by atoms with E-state index in [1.807, 2.05) is 53.4 Å². The molecule has 1 N–H and O–H groups in total. The highest BCUT2D eigenvalue weighted by atomic mass is 16.5. The summed E-state index contributed by atoms with van der Waals surface area (Å²) < 4.78 is 6.97. The molecule has 0 bridgehead atoms. The Bertz CT molecular complexity index is 2200. The van der Waals surface area contributed by atoms with Gasteiger partial charge in [0.25, 0.3) is 5.91 Å². The molecule has 7 heteroatoms. The summed E-state index contributed by atoms with van der Waals surface area (Å²) in [5.41, 5.74) is 5.56. The van der Waals surface area contributed by atoms with Crippen LogP contribution < -0.4 is 10.1 Å². The molecule has 4 aliphatic rings. The highest BCUT2D eigenvalue weighted by Crippen LogP contribution is 2.56. The molecule has 54 heavy (non-hydrogen) atoms. The van der Waals surface area contributed by atoms with Crippen LogP contribution in [0, 0.1) is 11.8 Å². The van der Waals surface area contributed by atoms with Crippen molar-refractivity contribution < 1.29 is 14.3 Å². The second kappa shape index (κ2) is 14.3. The third-order valence-electron chi connectivity index (χ3n) is 13.4. The van der Waals surface area contributed by atoms with E-state index in [1.54, 1.807) is 0 Å². The van der Waals surface area contributed by atoms with Gasteiger partial charge >= 0.3 is 0 Å². The number of rotatable bonds is 6. The fraction of sp³-hybridized carbons (Fsp3) is 0.489. The number of benzene rings is 4. The molecule has 2 amide bonds. The van der Waals surface area contributed by atoms with E-state index < -0.39 is 6.04 Å². The molecule has 4 unspecified atom stereocenters. The van der Waals surface area contributed by atoms with E-state index in [-0.39, 0.29) is 29.5 Å². The zero-order valence-corrected chi connectivity index (χ0v) is 32.2. The number of hydrogen-bond donors (Lipinski definition) is 1. The number of aromatic nitrogens is 2. The number of nitrogens with zero attached hydrogens (tertiary/aromatic N) is 3. The van der Waals surface area contributed by atoms with Crippen molar-refractivity contribution in [3.63, 3.8) is 0 Å². The summed E-state index contributed by atoms with van der Waals surface area (Å²) in [4.78, 5) is 42.2. The summed E-state index contributed by atoms with van der Waals surface area (Å²) in [7, 11) is 0. The standard InChI is InChI=1S/C47H54N4O3/c1-29-23-25-37-36(27-29)40-42-41(34-21-13-14-22-35(34)44(40)54-47(37,2)3)50-39-28-31(24-26-38(39)49-42)46(53)51(33-19-11-6-12-20-33)43(30-15-7-4-8-16-30)45(52)48-32-17-9-5-10-18-32/h4,7-8,13-16,21-22,24,26,28-29,32-33,36-37,43H,5-6,9-12,17-20,23,25,27H2,1-3H3,(H,48,52). The highest BCUT2D eigenvalue weighted by molar-refractivity contribution is 6.11. The molecule has 9 rings (SSSR count). The lowest BCUT2D eigenvalue weighted by molar-refractivity contribution is -0.127. The van der Waals surface area contributed by atoms with Crippen LogP contribution in [0.4, 0.5) is 0 Å². The summed E-state index contributed by atoms with van der Waals surface area (Å²) in [6.07, 6.45) is 13.9. The first-order valence-corrected chi connectivity index (χ1v) is 20.8. The Morgan fingerprint density at radius 3 is 2.22 bits per heavy atom. The number of ether oxygens (including phenoxy) is 1. The van der Waals surface area contributed by atoms with Crippen LogP contribution in [0.2, 0.25) is 0 Å². The molecule has 3 aliphatic carbocycles. The number of amides is 2. The topological polar surface area (TPSA) is 84.4 Å². The maximum Gasteiger partial charge on any atom is 0.255 e. The SMILES string of the molecule is CC1CCC2C(C1)c1c(c3ccccc3c3nc4cc(C(=O)N(C5CCCCC5)C(C(=O)NC5CCCCC5)c5ccccc5)ccc4nc13)OC2(C)C. The second-order valence-electron chi connectivity index (χ2n) is 17.4. The first-order valence-electron chi connectivity index (χ1n) is 20.8. The maximum atomic E-state index is 15.1. The number of carbonyl (C=O) groups is 2. The predicted octanol–water partition coefficient (Wildman–Crippen LogP) is 10.6. The van der Waals surface area contributed by atoms with Crippen LogP contribution in [0.3, 0.4) is 0 Å². The molecule has 0 spiro atoms. The first-order chi connectivity index (χ1) is 26.3. The van der Waals surface area contributed by atoms with E-state index >= 15 is 4.79 Å². The minimum absolute atomic E-state index is 0.0301. The van der Waals surface area contributed by atoms with Crippen molar-refractivity contribution in [1.29, 1.82) is 0 Å². The van der Waals surface area contributed by atoms with Crippen molar-refractivity contribution in [2.24, 2.45) is 11.8 Å². The van der Waals surface area contributed by atoms with E-state index in [2.05, 4.69) is 50.4 Å². The number of fused-ring (bicyclic) bond motifs is 9. The van der Waals surface area contributed by atoms with Gasteiger partial charge in [0.15, 0.2) is 0 Å².